The molecule has 0 atom stereocenters. The maximum atomic E-state index is 5.75. The lowest BCUT2D eigenvalue weighted by atomic mass is 10.4. The van der Waals surface area contributed by atoms with Gasteiger partial charge >= 0.3 is 0 Å². The van der Waals surface area contributed by atoms with Crippen LogP contribution < -0.4 is 4.74 Å². The first-order valence-electron chi connectivity index (χ1n) is 4.58. The largest absolute Gasteiger partial charge is 0.479 e. The van der Waals surface area contributed by atoms with Crippen molar-refractivity contribution in [2.24, 2.45) is 0 Å². The highest BCUT2D eigenvalue weighted by molar-refractivity contribution is 6.28. The lowest BCUT2D eigenvalue weighted by Crippen LogP contribution is -2.04. The Morgan fingerprint density at radius 1 is 1.40 bits per heavy atom. The van der Waals surface area contributed by atoms with Crippen molar-refractivity contribution in [2.75, 3.05) is 7.11 Å². The van der Waals surface area contributed by atoms with Crippen LogP contribution in [-0.2, 0) is 0 Å². The molecule has 6 heteroatoms. The molecule has 15 heavy (non-hydrogen) atoms. The average molecular weight is 227 g/mol. The predicted octanol–water partition coefficient (Wildman–Crippen LogP) is 2.07. The second-order valence-corrected chi connectivity index (χ2v) is 3.76. The van der Waals surface area contributed by atoms with Crippen LogP contribution in [0.15, 0.2) is 6.20 Å². The van der Waals surface area contributed by atoms with E-state index < -0.39 is 0 Å². The molecular formula is C9H11ClN4O. The molecule has 0 bridgehead atoms. The Kier molecular flexibility index (Phi) is 2.48. The van der Waals surface area contributed by atoms with Crippen molar-refractivity contribution in [1.29, 1.82) is 0 Å². The van der Waals surface area contributed by atoms with Gasteiger partial charge in [0.25, 0.3) is 0 Å². The van der Waals surface area contributed by atoms with Crippen LogP contribution in [0.2, 0.25) is 5.28 Å². The molecule has 80 valence electrons. The quantitative estimate of drug-likeness (QED) is 0.736. The molecule has 2 heterocycles. The van der Waals surface area contributed by atoms with E-state index in [2.05, 4.69) is 15.1 Å². The maximum absolute atomic E-state index is 5.75. The smallest absolute Gasteiger partial charge is 0.244 e. The number of fused-ring (bicyclic) bond motifs is 1. The molecule has 0 amide bonds. The van der Waals surface area contributed by atoms with Crippen molar-refractivity contribution in [3.63, 3.8) is 0 Å². The number of rotatable bonds is 2. The molecule has 0 aliphatic carbocycles. The highest BCUT2D eigenvalue weighted by Gasteiger charge is 2.14. The fraction of sp³-hybridized carbons (Fsp3) is 0.444. The standard InChI is InChI=1S/C9H11ClN4O/c1-5(2)14-7-6(4-11-14)12-9(10)13-8(7)15-3/h4-5H,1-3H3. The maximum Gasteiger partial charge on any atom is 0.244 e. The first-order chi connectivity index (χ1) is 7.13. The lowest BCUT2D eigenvalue weighted by Gasteiger charge is -2.08. The minimum absolute atomic E-state index is 0.169. The summed E-state index contributed by atoms with van der Waals surface area (Å²) >= 11 is 5.75. The Hall–Kier alpha value is -1.36. The van der Waals surface area contributed by atoms with Gasteiger partial charge in [-0.25, -0.2) is 4.98 Å². The number of hydrogen-bond acceptors (Lipinski definition) is 4. The first-order valence-corrected chi connectivity index (χ1v) is 4.96. The van der Waals surface area contributed by atoms with E-state index in [1.54, 1.807) is 13.3 Å². The van der Waals surface area contributed by atoms with Gasteiger partial charge < -0.3 is 4.74 Å². The van der Waals surface area contributed by atoms with E-state index in [0.29, 0.717) is 11.4 Å². The van der Waals surface area contributed by atoms with E-state index in [0.717, 1.165) is 5.52 Å². The molecule has 0 fully saturated rings. The molecule has 0 saturated carbocycles. The van der Waals surface area contributed by atoms with Crippen LogP contribution in [0.1, 0.15) is 19.9 Å². The van der Waals surface area contributed by atoms with Crippen molar-refractivity contribution >= 4 is 22.6 Å². The van der Waals surface area contributed by atoms with Gasteiger partial charge in [0.05, 0.1) is 13.3 Å². The van der Waals surface area contributed by atoms with Crippen molar-refractivity contribution < 1.29 is 4.74 Å². The van der Waals surface area contributed by atoms with Crippen LogP contribution in [0.5, 0.6) is 5.88 Å². The zero-order chi connectivity index (χ0) is 11.0. The monoisotopic (exact) mass is 226 g/mol. The number of methoxy groups -OCH3 is 1. The number of halogens is 1. The number of nitrogens with zero attached hydrogens (tertiary/aromatic N) is 4. The molecule has 5 nitrogen and oxygen atoms in total. The van der Waals surface area contributed by atoms with E-state index in [1.165, 1.54) is 0 Å². The minimum Gasteiger partial charge on any atom is -0.479 e. The van der Waals surface area contributed by atoms with Crippen LogP contribution in [-0.4, -0.2) is 26.9 Å². The number of hydrogen-bond donors (Lipinski definition) is 0. The fourth-order valence-electron chi connectivity index (χ4n) is 1.44. The second-order valence-electron chi connectivity index (χ2n) is 3.42. The van der Waals surface area contributed by atoms with Gasteiger partial charge in [-0.15, -0.1) is 0 Å². The van der Waals surface area contributed by atoms with Crippen LogP contribution in [0.25, 0.3) is 11.0 Å². The van der Waals surface area contributed by atoms with Crippen LogP contribution >= 0.6 is 11.6 Å². The van der Waals surface area contributed by atoms with E-state index in [9.17, 15) is 0 Å². The third-order valence-electron chi connectivity index (χ3n) is 2.07. The topological polar surface area (TPSA) is 52.8 Å². The highest BCUT2D eigenvalue weighted by atomic mass is 35.5. The normalized spacial score (nSPS) is 11.3. The van der Waals surface area contributed by atoms with Crippen molar-refractivity contribution in [3.8, 4) is 5.88 Å². The predicted molar refractivity (Wildman–Crippen MR) is 57.3 cm³/mol. The summed E-state index contributed by atoms with van der Waals surface area (Å²) in [7, 11) is 1.55. The molecule has 2 aromatic heterocycles. The van der Waals surface area contributed by atoms with Gasteiger partial charge in [-0.2, -0.15) is 10.1 Å². The SMILES string of the molecule is COc1nc(Cl)nc2cnn(C(C)C)c12. The summed E-state index contributed by atoms with van der Waals surface area (Å²) < 4.78 is 6.97. The summed E-state index contributed by atoms with van der Waals surface area (Å²) in [4.78, 5) is 8.08. The zero-order valence-electron chi connectivity index (χ0n) is 8.73. The molecule has 0 saturated heterocycles. The van der Waals surface area contributed by atoms with E-state index >= 15 is 0 Å². The van der Waals surface area contributed by atoms with Crippen molar-refractivity contribution in [3.05, 3.63) is 11.5 Å². The van der Waals surface area contributed by atoms with E-state index in [-0.39, 0.29) is 11.3 Å². The van der Waals surface area contributed by atoms with E-state index in [4.69, 9.17) is 16.3 Å². The van der Waals surface area contributed by atoms with Gasteiger partial charge in [0, 0.05) is 6.04 Å². The molecular weight excluding hydrogens is 216 g/mol. The summed E-state index contributed by atoms with van der Waals surface area (Å²) in [6.07, 6.45) is 1.66. The Morgan fingerprint density at radius 2 is 2.13 bits per heavy atom. The molecule has 0 N–H and O–H groups in total. The van der Waals surface area contributed by atoms with Crippen molar-refractivity contribution in [1.82, 2.24) is 19.7 Å². The zero-order valence-corrected chi connectivity index (χ0v) is 9.49. The summed E-state index contributed by atoms with van der Waals surface area (Å²) in [5.41, 5.74) is 1.47. The summed E-state index contributed by atoms with van der Waals surface area (Å²) in [6.45, 7) is 4.06. The van der Waals surface area contributed by atoms with E-state index in [1.807, 2.05) is 18.5 Å². The number of aromatic nitrogens is 4. The summed E-state index contributed by atoms with van der Waals surface area (Å²) in [5.74, 6) is 0.455. The van der Waals surface area contributed by atoms with Crippen molar-refractivity contribution in [2.45, 2.75) is 19.9 Å². The molecule has 2 rings (SSSR count). The Morgan fingerprint density at radius 3 is 2.73 bits per heavy atom. The molecule has 0 aliphatic heterocycles. The molecule has 0 aromatic carbocycles. The lowest BCUT2D eigenvalue weighted by molar-refractivity contribution is 0.397. The minimum atomic E-state index is 0.169. The Balaban J connectivity index is 2.77. The van der Waals surface area contributed by atoms with Crippen LogP contribution in [0.4, 0.5) is 0 Å². The molecule has 2 aromatic rings. The van der Waals surface area contributed by atoms with Gasteiger partial charge in [0.2, 0.25) is 11.2 Å². The molecule has 0 radical (unpaired) electrons. The first kappa shape index (κ1) is 10.2. The molecule has 0 aliphatic rings. The van der Waals surface area contributed by atoms with Crippen LogP contribution in [0, 0.1) is 0 Å². The molecule has 0 unspecified atom stereocenters. The van der Waals surface area contributed by atoms with Gasteiger partial charge in [-0.05, 0) is 25.4 Å². The highest BCUT2D eigenvalue weighted by Crippen LogP contribution is 2.25. The number of ether oxygens (including phenoxy) is 1. The van der Waals surface area contributed by atoms with Gasteiger partial charge in [0.1, 0.15) is 11.0 Å². The second kappa shape index (κ2) is 3.66. The third kappa shape index (κ3) is 1.63. The van der Waals surface area contributed by atoms with Gasteiger partial charge in [0.15, 0.2) is 0 Å². The summed E-state index contributed by atoms with van der Waals surface area (Å²) in [6, 6.07) is 0.223. The fourth-order valence-corrected chi connectivity index (χ4v) is 1.61. The Labute approximate surface area is 92.0 Å². The van der Waals surface area contributed by atoms with Gasteiger partial charge in [-0.1, -0.05) is 0 Å². The van der Waals surface area contributed by atoms with Crippen LogP contribution in [0.3, 0.4) is 0 Å². The molecule has 0 spiro atoms. The third-order valence-corrected chi connectivity index (χ3v) is 2.24. The van der Waals surface area contributed by atoms with Gasteiger partial charge in [-0.3, -0.25) is 4.68 Å². The Bertz CT molecular complexity index is 494. The summed E-state index contributed by atoms with van der Waals surface area (Å²) in [5, 5.41) is 4.39. The average Bonchev–Trinajstić information content (AvgIpc) is 2.59.